The fourth-order valence-corrected chi connectivity index (χ4v) is 6.42. The number of ether oxygens (including phenoxy) is 2. The molecular weight excluding hydrogens is 661 g/mol. The second-order valence-electron chi connectivity index (χ2n) is 10.4. The molecule has 46 heavy (non-hydrogen) atoms. The Kier molecular flexibility index (Phi) is 7.41. The van der Waals surface area contributed by atoms with Crippen molar-refractivity contribution in [3.8, 4) is 50.9 Å². The van der Waals surface area contributed by atoms with Gasteiger partial charge in [0.1, 0.15) is 11.5 Å². The number of imidazole rings is 1. The molecule has 16 heteroatoms. The fraction of sp³-hybridized carbons (Fsp3) is 0.200. The van der Waals surface area contributed by atoms with E-state index in [-0.39, 0.29) is 67.0 Å². The Labute approximate surface area is 262 Å². The molecule has 0 atom stereocenters. The third kappa shape index (κ3) is 5.69. The van der Waals surface area contributed by atoms with Crippen LogP contribution in [0.4, 0.5) is 22.0 Å². The van der Waals surface area contributed by atoms with Crippen molar-refractivity contribution in [1.29, 1.82) is 0 Å². The lowest BCUT2D eigenvalue weighted by atomic mass is 9.97. The highest BCUT2D eigenvalue weighted by atomic mass is 35.5. The molecule has 0 unspecified atom stereocenters. The smallest absolute Gasteiger partial charge is 0.440 e. The molecule has 0 amide bonds. The van der Waals surface area contributed by atoms with Crippen LogP contribution in [0.3, 0.4) is 0 Å². The highest BCUT2D eigenvalue weighted by molar-refractivity contribution is 7.90. The van der Waals surface area contributed by atoms with E-state index in [1.165, 1.54) is 66.9 Å². The summed E-state index contributed by atoms with van der Waals surface area (Å²) in [5.41, 5.74) is 0.290. The Morgan fingerprint density at radius 2 is 1.65 bits per heavy atom. The molecule has 2 aromatic heterocycles. The average molecular weight is 682 g/mol. The van der Waals surface area contributed by atoms with Crippen LogP contribution >= 0.6 is 11.6 Å². The monoisotopic (exact) mass is 681 g/mol. The van der Waals surface area contributed by atoms with Crippen LogP contribution in [0.5, 0.6) is 11.5 Å². The van der Waals surface area contributed by atoms with Crippen molar-refractivity contribution in [2.45, 2.75) is 37.8 Å². The number of rotatable bonds is 6. The Hall–Kier alpha value is -4.47. The van der Waals surface area contributed by atoms with Crippen LogP contribution in [-0.2, 0) is 22.6 Å². The maximum Gasteiger partial charge on any atom is 0.586 e. The van der Waals surface area contributed by atoms with E-state index in [2.05, 4.69) is 19.4 Å². The molecule has 0 fully saturated rings. The summed E-state index contributed by atoms with van der Waals surface area (Å²) >= 11 is 6.37. The lowest BCUT2D eigenvalue weighted by Gasteiger charge is -2.15. The zero-order valence-electron chi connectivity index (χ0n) is 23.9. The van der Waals surface area contributed by atoms with E-state index in [1.807, 2.05) is 0 Å². The summed E-state index contributed by atoms with van der Waals surface area (Å²) in [5, 5.41) is 9.75. The van der Waals surface area contributed by atoms with Gasteiger partial charge in [-0.1, -0.05) is 17.7 Å². The van der Waals surface area contributed by atoms with Gasteiger partial charge in [-0.25, -0.2) is 18.4 Å². The number of benzene rings is 3. The number of aliphatic hydroxyl groups excluding tert-OH is 1. The summed E-state index contributed by atoms with van der Waals surface area (Å²) in [6.45, 7) is 2.26. The molecule has 1 N–H and O–H groups in total. The van der Waals surface area contributed by atoms with Gasteiger partial charge in [-0.2, -0.15) is 13.2 Å². The van der Waals surface area contributed by atoms with Crippen LogP contribution < -0.4 is 9.47 Å². The number of nitrogens with zero attached hydrogens (tertiary/aromatic N) is 3. The molecule has 0 saturated carbocycles. The summed E-state index contributed by atoms with van der Waals surface area (Å²) < 4.78 is 110. The first-order valence-corrected chi connectivity index (χ1v) is 15.5. The van der Waals surface area contributed by atoms with E-state index in [0.29, 0.717) is 11.1 Å². The molecule has 6 rings (SSSR count). The summed E-state index contributed by atoms with van der Waals surface area (Å²) in [4.78, 5) is 7.88. The van der Waals surface area contributed by atoms with E-state index in [0.717, 1.165) is 12.5 Å². The van der Waals surface area contributed by atoms with Gasteiger partial charge in [-0.05, 0) is 60.5 Å². The van der Waals surface area contributed by atoms with E-state index >= 15 is 0 Å². The van der Waals surface area contributed by atoms with Crippen molar-refractivity contribution in [3.63, 3.8) is 0 Å². The molecular formula is C30H21ClF5N3O6S. The van der Waals surface area contributed by atoms with Gasteiger partial charge in [0.15, 0.2) is 38.7 Å². The molecule has 0 bridgehead atoms. The fourth-order valence-electron chi connectivity index (χ4n) is 5.12. The lowest BCUT2D eigenvalue weighted by Crippen LogP contribution is -2.25. The predicted molar refractivity (Wildman–Crippen MR) is 155 cm³/mol. The Bertz CT molecular complexity index is 2140. The quantitative estimate of drug-likeness (QED) is 0.185. The first-order valence-electron chi connectivity index (χ1n) is 13.2. The third-order valence-electron chi connectivity index (χ3n) is 7.13. The SMILES string of the molecule is Cc1nc(-c2ccc3c(c2)OC(F)(F)O3)c(-c2cc(-c3cc(Cl)c(CO)c(S(C)(=O)=O)c3)ccc2-n2cc(C(F)(F)F)nc2C)o1. The number of aliphatic hydroxyl groups is 1. The van der Waals surface area contributed by atoms with Crippen LogP contribution in [0.25, 0.3) is 39.4 Å². The van der Waals surface area contributed by atoms with Gasteiger partial charge >= 0.3 is 12.5 Å². The average Bonchev–Trinajstić information content (AvgIpc) is 3.64. The molecule has 1 aliphatic rings. The van der Waals surface area contributed by atoms with Gasteiger partial charge < -0.3 is 23.6 Å². The summed E-state index contributed by atoms with van der Waals surface area (Å²) in [5.74, 6) is -0.313. The Morgan fingerprint density at radius 3 is 2.30 bits per heavy atom. The molecule has 5 aromatic rings. The molecule has 0 aliphatic carbocycles. The first-order chi connectivity index (χ1) is 21.4. The minimum Gasteiger partial charge on any atom is -0.440 e. The van der Waals surface area contributed by atoms with E-state index in [4.69, 9.17) is 16.0 Å². The van der Waals surface area contributed by atoms with Crippen molar-refractivity contribution in [2.75, 3.05) is 6.26 Å². The van der Waals surface area contributed by atoms with Crippen LogP contribution in [0.15, 0.2) is 64.0 Å². The van der Waals surface area contributed by atoms with E-state index in [9.17, 15) is 35.5 Å². The van der Waals surface area contributed by atoms with E-state index in [1.54, 1.807) is 0 Å². The molecule has 3 heterocycles. The standard InChI is InChI=1S/C30H21ClF5N3O6S/c1-14-37-26(29(32,33)34)12-39(14)22-6-4-16(18-9-21(31)20(13-40)25(11-18)46(3,41)42)8-19(22)28-27(38-15(2)43-28)17-5-7-23-24(10-17)45-30(35,36)44-23/h4-12,40H,13H2,1-3H3. The number of oxazole rings is 1. The van der Waals surface area contributed by atoms with Crippen molar-refractivity contribution < 1.29 is 49.4 Å². The van der Waals surface area contributed by atoms with Crippen LogP contribution in [0.1, 0.15) is 23.0 Å². The highest BCUT2D eigenvalue weighted by Crippen LogP contribution is 2.46. The zero-order chi connectivity index (χ0) is 33.3. The van der Waals surface area contributed by atoms with Gasteiger partial charge in [0, 0.05) is 41.1 Å². The molecule has 1 aliphatic heterocycles. The van der Waals surface area contributed by atoms with Gasteiger partial charge in [-0.3, -0.25) is 0 Å². The number of aromatic nitrogens is 3. The highest BCUT2D eigenvalue weighted by Gasteiger charge is 2.43. The second kappa shape index (κ2) is 10.8. The molecule has 3 aromatic carbocycles. The van der Waals surface area contributed by atoms with Crippen LogP contribution in [0, 0.1) is 13.8 Å². The Morgan fingerprint density at radius 1 is 0.957 bits per heavy atom. The summed E-state index contributed by atoms with van der Waals surface area (Å²) in [6, 6.07) is 11.3. The first kappa shape index (κ1) is 31.5. The van der Waals surface area contributed by atoms with Gasteiger partial charge in [0.25, 0.3) is 0 Å². The molecule has 0 spiro atoms. The normalized spacial score (nSPS) is 14.2. The van der Waals surface area contributed by atoms with Crippen molar-refractivity contribution >= 4 is 21.4 Å². The predicted octanol–water partition coefficient (Wildman–Crippen LogP) is 7.37. The van der Waals surface area contributed by atoms with E-state index < -0.39 is 34.6 Å². The minimum absolute atomic E-state index is 0.0000111. The number of hydrogen-bond acceptors (Lipinski definition) is 8. The Balaban J connectivity index is 1.60. The number of aryl methyl sites for hydroxylation is 2. The number of sulfone groups is 1. The van der Waals surface area contributed by atoms with Crippen molar-refractivity contribution in [3.05, 3.63) is 82.7 Å². The summed E-state index contributed by atoms with van der Waals surface area (Å²) in [7, 11) is -3.85. The molecule has 9 nitrogen and oxygen atoms in total. The lowest BCUT2D eigenvalue weighted by molar-refractivity contribution is -0.286. The topological polar surface area (TPSA) is 117 Å². The molecule has 240 valence electrons. The van der Waals surface area contributed by atoms with Crippen LogP contribution in [0.2, 0.25) is 5.02 Å². The summed E-state index contributed by atoms with van der Waals surface area (Å²) in [6.07, 6.45) is -6.85. The molecule has 0 radical (unpaired) electrons. The minimum atomic E-state index is -4.74. The number of hydrogen-bond donors (Lipinski definition) is 1. The van der Waals surface area contributed by atoms with Crippen molar-refractivity contribution in [2.24, 2.45) is 0 Å². The van der Waals surface area contributed by atoms with Gasteiger partial charge in [-0.15, -0.1) is 8.78 Å². The number of fused-ring (bicyclic) bond motifs is 1. The maximum atomic E-state index is 13.7. The van der Waals surface area contributed by atoms with Gasteiger partial charge in [0.2, 0.25) is 0 Å². The maximum absolute atomic E-state index is 13.7. The van der Waals surface area contributed by atoms with Crippen molar-refractivity contribution in [1.82, 2.24) is 14.5 Å². The molecule has 0 saturated heterocycles. The number of halogens is 6. The van der Waals surface area contributed by atoms with Gasteiger partial charge in [0.05, 0.1) is 17.2 Å². The number of alkyl halides is 5. The zero-order valence-corrected chi connectivity index (χ0v) is 25.5. The van der Waals surface area contributed by atoms with Crippen LogP contribution in [-0.4, -0.2) is 40.6 Å². The largest absolute Gasteiger partial charge is 0.586 e. The second-order valence-corrected chi connectivity index (χ2v) is 12.8. The third-order valence-corrected chi connectivity index (χ3v) is 8.63.